The summed E-state index contributed by atoms with van der Waals surface area (Å²) in [5, 5.41) is 11.1. The van der Waals surface area contributed by atoms with Crippen molar-refractivity contribution >= 4 is 17.6 Å². The second-order valence-corrected chi connectivity index (χ2v) is 6.46. The van der Waals surface area contributed by atoms with E-state index in [0.717, 1.165) is 28.4 Å². The molecule has 3 aromatic rings. The number of benzene rings is 2. The van der Waals surface area contributed by atoms with E-state index in [4.69, 9.17) is 9.47 Å². The Bertz CT molecular complexity index is 1050. The highest BCUT2D eigenvalue weighted by Gasteiger charge is 2.12. The third-order valence-electron chi connectivity index (χ3n) is 4.59. The van der Waals surface area contributed by atoms with Crippen LogP contribution in [-0.4, -0.2) is 29.4 Å². The summed E-state index contributed by atoms with van der Waals surface area (Å²) in [5.74, 6) is 1.31. The number of methoxy groups -OCH3 is 1. The molecule has 0 atom stereocenters. The molecule has 7 heteroatoms. The summed E-state index contributed by atoms with van der Waals surface area (Å²) >= 11 is 0. The summed E-state index contributed by atoms with van der Waals surface area (Å²) in [6.07, 6.45) is 1.70. The lowest BCUT2D eigenvalue weighted by Gasteiger charge is -2.11. The van der Waals surface area contributed by atoms with Crippen LogP contribution >= 0.6 is 0 Å². The highest BCUT2D eigenvalue weighted by Crippen LogP contribution is 2.31. The lowest BCUT2D eigenvalue weighted by molar-refractivity contribution is -0.384. The van der Waals surface area contributed by atoms with Gasteiger partial charge >= 0.3 is 0 Å². The van der Waals surface area contributed by atoms with Crippen molar-refractivity contribution in [3.63, 3.8) is 0 Å². The van der Waals surface area contributed by atoms with E-state index in [1.807, 2.05) is 51.1 Å². The number of hydrogen-bond acceptors (Lipinski definition) is 5. The van der Waals surface area contributed by atoms with Crippen molar-refractivity contribution in [2.45, 2.75) is 20.8 Å². The lowest BCUT2D eigenvalue weighted by atomic mass is 10.2. The number of aryl methyl sites for hydroxylation is 1. The number of aromatic nitrogens is 1. The molecule has 0 N–H and O–H groups in total. The maximum atomic E-state index is 11.1. The van der Waals surface area contributed by atoms with Gasteiger partial charge in [0.15, 0.2) is 0 Å². The number of rotatable bonds is 7. The molecule has 0 radical (unpaired) electrons. The first-order valence-electron chi connectivity index (χ1n) is 9.23. The topological polar surface area (TPSA) is 78.9 Å². The van der Waals surface area contributed by atoms with Gasteiger partial charge in [0.2, 0.25) is 0 Å². The van der Waals surface area contributed by atoms with Crippen LogP contribution in [0.2, 0.25) is 0 Å². The predicted molar refractivity (Wildman–Crippen MR) is 113 cm³/mol. The zero-order valence-corrected chi connectivity index (χ0v) is 16.9. The SMILES string of the molecule is CCOc1ccc(-n2c(C)cc(C=Nc3cc([N+](=O)[O-])ccc3OC)c2C)cc1. The van der Waals surface area contributed by atoms with Gasteiger partial charge < -0.3 is 14.0 Å². The average Bonchev–Trinajstić information content (AvgIpc) is 3.00. The van der Waals surface area contributed by atoms with Crippen LogP contribution in [0.5, 0.6) is 11.5 Å². The van der Waals surface area contributed by atoms with Crippen molar-refractivity contribution in [3.05, 3.63) is 75.6 Å². The van der Waals surface area contributed by atoms with Crippen molar-refractivity contribution in [2.75, 3.05) is 13.7 Å². The van der Waals surface area contributed by atoms with Gasteiger partial charge in [-0.2, -0.15) is 0 Å². The van der Waals surface area contributed by atoms with Gasteiger partial charge in [-0.1, -0.05) is 0 Å². The molecule has 2 aromatic carbocycles. The van der Waals surface area contributed by atoms with Crippen LogP contribution in [-0.2, 0) is 0 Å². The van der Waals surface area contributed by atoms with Gasteiger partial charge in [0.1, 0.15) is 17.2 Å². The van der Waals surface area contributed by atoms with E-state index < -0.39 is 4.92 Å². The summed E-state index contributed by atoms with van der Waals surface area (Å²) in [7, 11) is 1.51. The fourth-order valence-electron chi connectivity index (χ4n) is 3.21. The molecule has 0 unspecified atom stereocenters. The van der Waals surface area contributed by atoms with Gasteiger partial charge in [-0.3, -0.25) is 15.1 Å². The molecule has 0 fully saturated rings. The van der Waals surface area contributed by atoms with E-state index in [9.17, 15) is 10.1 Å². The molecule has 1 heterocycles. The minimum atomic E-state index is -0.448. The van der Waals surface area contributed by atoms with E-state index in [-0.39, 0.29) is 5.69 Å². The normalized spacial score (nSPS) is 11.0. The van der Waals surface area contributed by atoms with Crippen LogP contribution in [0.4, 0.5) is 11.4 Å². The van der Waals surface area contributed by atoms with Crippen LogP contribution in [0.3, 0.4) is 0 Å². The number of hydrogen-bond donors (Lipinski definition) is 0. The highest BCUT2D eigenvalue weighted by molar-refractivity contribution is 5.85. The Labute approximate surface area is 169 Å². The van der Waals surface area contributed by atoms with Crippen molar-refractivity contribution < 1.29 is 14.4 Å². The Morgan fingerprint density at radius 1 is 1.14 bits per heavy atom. The number of nitrogens with zero attached hydrogens (tertiary/aromatic N) is 3. The van der Waals surface area contributed by atoms with Crippen molar-refractivity contribution in [3.8, 4) is 17.2 Å². The monoisotopic (exact) mass is 393 g/mol. The summed E-state index contributed by atoms with van der Waals surface area (Å²) in [6.45, 7) is 6.61. The molecule has 29 heavy (non-hydrogen) atoms. The first-order valence-corrected chi connectivity index (χ1v) is 9.23. The Morgan fingerprint density at radius 2 is 1.86 bits per heavy atom. The number of aliphatic imine (C=N–C) groups is 1. The van der Waals surface area contributed by atoms with Gasteiger partial charge in [0.05, 0.1) is 18.6 Å². The van der Waals surface area contributed by atoms with E-state index in [1.54, 1.807) is 12.3 Å². The number of ether oxygens (including phenoxy) is 2. The smallest absolute Gasteiger partial charge is 0.271 e. The van der Waals surface area contributed by atoms with E-state index >= 15 is 0 Å². The third kappa shape index (κ3) is 4.29. The van der Waals surface area contributed by atoms with Gasteiger partial charge in [-0.15, -0.1) is 0 Å². The first kappa shape index (κ1) is 20.1. The van der Waals surface area contributed by atoms with E-state index in [2.05, 4.69) is 9.56 Å². The molecule has 150 valence electrons. The Hall–Kier alpha value is -3.61. The predicted octanol–water partition coefficient (Wildman–Crippen LogP) is 5.16. The molecule has 0 aliphatic heterocycles. The van der Waals surface area contributed by atoms with Gasteiger partial charge in [0, 0.05) is 41.0 Å². The standard InChI is InChI=1S/C22H23N3O4/c1-5-29-20-9-6-18(7-10-20)24-15(2)12-17(16(24)3)14-23-21-13-19(25(26)27)8-11-22(21)28-4/h6-14H,5H2,1-4H3. The van der Waals surface area contributed by atoms with Crippen LogP contribution in [0, 0.1) is 24.0 Å². The second-order valence-electron chi connectivity index (χ2n) is 6.46. The van der Waals surface area contributed by atoms with Gasteiger partial charge in [-0.25, -0.2) is 0 Å². The van der Waals surface area contributed by atoms with Crippen LogP contribution in [0.15, 0.2) is 53.5 Å². The Morgan fingerprint density at radius 3 is 2.48 bits per heavy atom. The zero-order valence-electron chi connectivity index (χ0n) is 16.9. The lowest BCUT2D eigenvalue weighted by Crippen LogP contribution is -2.00. The number of nitro benzene ring substituents is 1. The number of nitro groups is 1. The molecule has 7 nitrogen and oxygen atoms in total. The van der Waals surface area contributed by atoms with Gasteiger partial charge in [0.25, 0.3) is 5.69 Å². The summed E-state index contributed by atoms with van der Waals surface area (Å²) < 4.78 is 12.9. The molecular formula is C22H23N3O4. The van der Waals surface area contributed by atoms with Crippen LogP contribution < -0.4 is 9.47 Å². The van der Waals surface area contributed by atoms with Gasteiger partial charge in [-0.05, 0) is 57.2 Å². The Kier molecular flexibility index (Phi) is 5.97. The number of non-ortho nitro benzene ring substituents is 1. The quantitative estimate of drug-likeness (QED) is 0.315. The first-order chi connectivity index (χ1) is 13.9. The Balaban J connectivity index is 1.95. The molecule has 0 spiro atoms. The molecule has 0 saturated heterocycles. The molecule has 0 saturated carbocycles. The molecule has 0 aliphatic rings. The van der Waals surface area contributed by atoms with E-state index in [0.29, 0.717) is 18.0 Å². The molecule has 3 rings (SSSR count). The third-order valence-corrected chi connectivity index (χ3v) is 4.59. The zero-order chi connectivity index (χ0) is 21.0. The maximum absolute atomic E-state index is 11.1. The van der Waals surface area contributed by atoms with Crippen molar-refractivity contribution in [1.82, 2.24) is 4.57 Å². The summed E-state index contributed by atoms with van der Waals surface area (Å²) in [4.78, 5) is 15.1. The van der Waals surface area contributed by atoms with Crippen molar-refractivity contribution in [1.29, 1.82) is 0 Å². The fraction of sp³-hybridized carbons (Fsp3) is 0.227. The minimum Gasteiger partial charge on any atom is -0.494 e. The summed E-state index contributed by atoms with van der Waals surface area (Å²) in [6, 6.07) is 14.3. The van der Waals surface area contributed by atoms with Crippen LogP contribution in [0.1, 0.15) is 23.9 Å². The molecule has 0 amide bonds. The summed E-state index contributed by atoms with van der Waals surface area (Å²) in [5.41, 5.74) is 4.39. The second kappa shape index (κ2) is 8.60. The largest absolute Gasteiger partial charge is 0.494 e. The molecular weight excluding hydrogens is 370 g/mol. The highest BCUT2D eigenvalue weighted by atomic mass is 16.6. The van der Waals surface area contributed by atoms with Crippen molar-refractivity contribution in [2.24, 2.45) is 4.99 Å². The molecule has 0 aliphatic carbocycles. The average molecular weight is 393 g/mol. The fourth-order valence-corrected chi connectivity index (χ4v) is 3.21. The maximum Gasteiger partial charge on any atom is 0.271 e. The molecule has 0 bridgehead atoms. The minimum absolute atomic E-state index is 0.0298. The van der Waals surface area contributed by atoms with Crippen LogP contribution in [0.25, 0.3) is 5.69 Å². The van der Waals surface area contributed by atoms with E-state index in [1.165, 1.54) is 19.2 Å². The molecule has 1 aromatic heterocycles.